The summed E-state index contributed by atoms with van der Waals surface area (Å²) in [4.78, 5) is 32.8. The predicted octanol–water partition coefficient (Wildman–Crippen LogP) is 4.14. The van der Waals surface area contributed by atoms with Crippen molar-refractivity contribution in [3.63, 3.8) is 0 Å². The molecule has 0 aromatic carbocycles. The van der Waals surface area contributed by atoms with Gasteiger partial charge >= 0.3 is 0 Å². The standard InChI is InChI=1S/C23H22ClFN6O/c1-14-3-4-17(20-26-7-2-8-27-20)19(30-14)22(32)31-13-23(5-6-23)10-16(31)12-29-21-18(25)9-15(24)11-28-21/h2-4,7-9,11,16H,5-6,10,12-13H2,1H3,(H,28,29)/t16-/m0/s1. The summed E-state index contributed by atoms with van der Waals surface area (Å²) in [5.41, 5.74) is 1.85. The first-order chi connectivity index (χ1) is 15.4. The summed E-state index contributed by atoms with van der Waals surface area (Å²) in [6.45, 7) is 2.91. The maximum absolute atomic E-state index is 14.2. The second-order valence-electron chi connectivity index (χ2n) is 8.58. The molecule has 1 amide bonds. The number of carbonyl (C=O) groups excluding carboxylic acids is 1. The minimum Gasteiger partial charge on any atom is -0.366 e. The molecule has 1 saturated carbocycles. The van der Waals surface area contributed by atoms with E-state index in [1.807, 2.05) is 24.0 Å². The maximum atomic E-state index is 14.2. The van der Waals surface area contributed by atoms with Crippen molar-refractivity contribution in [2.45, 2.75) is 32.2 Å². The van der Waals surface area contributed by atoms with Crippen molar-refractivity contribution in [3.8, 4) is 11.4 Å². The number of anilines is 1. The third-order valence-corrected chi connectivity index (χ3v) is 6.40. The highest BCUT2D eigenvalue weighted by Crippen LogP contribution is 2.55. The molecule has 2 aliphatic rings. The van der Waals surface area contributed by atoms with Crippen LogP contribution in [-0.4, -0.2) is 49.9 Å². The molecule has 3 aromatic heterocycles. The van der Waals surface area contributed by atoms with E-state index < -0.39 is 5.82 Å². The predicted molar refractivity (Wildman–Crippen MR) is 119 cm³/mol. The molecule has 1 saturated heterocycles. The topological polar surface area (TPSA) is 83.9 Å². The van der Waals surface area contributed by atoms with Gasteiger partial charge in [-0.25, -0.2) is 24.3 Å². The van der Waals surface area contributed by atoms with Crippen molar-refractivity contribution in [1.82, 2.24) is 24.8 Å². The number of nitrogens with zero attached hydrogens (tertiary/aromatic N) is 5. The van der Waals surface area contributed by atoms with Crippen LogP contribution in [0.3, 0.4) is 0 Å². The van der Waals surface area contributed by atoms with Gasteiger partial charge in [0.15, 0.2) is 17.5 Å². The highest BCUT2D eigenvalue weighted by molar-refractivity contribution is 6.30. The van der Waals surface area contributed by atoms with Gasteiger partial charge in [-0.15, -0.1) is 0 Å². The molecule has 2 fully saturated rings. The molecule has 0 unspecified atom stereocenters. The van der Waals surface area contributed by atoms with Gasteiger partial charge in [0, 0.05) is 43.4 Å². The molecule has 1 atom stereocenters. The molecule has 0 bridgehead atoms. The van der Waals surface area contributed by atoms with E-state index in [9.17, 15) is 9.18 Å². The monoisotopic (exact) mass is 452 g/mol. The zero-order chi connectivity index (χ0) is 22.3. The van der Waals surface area contributed by atoms with E-state index in [1.54, 1.807) is 18.5 Å². The fourth-order valence-corrected chi connectivity index (χ4v) is 4.50. The Morgan fingerprint density at radius 1 is 1.28 bits per heavy atom. The number of hydrogen-bond donors (Lipinski definition) is 1. The number of carbonyl (C=O) groups is 1. The van der Waals surface area contributed by atoms with Crippen LogP contribution >= 0.6 is 11.6 Å². The van der Waals surface area contributed by atoms with Gasteiger partial charge in [-0.3, -0.25) is 4.79 Å². The Morgan fingerprint density at radius 3 is 2.78 bits per heavy atom. The number of nitrogens with one attached hydrogen (secondary N) is 1. The molecule has 3 aromatic rings. The van der Waals surface area contributed by atoms with E-state index in [2.05, 4.69) is 25.3 Å². The second kappa shape index (κ2) is 8.09. The summed E-state index contributed by atoms with van der Waals surface area (Å²) in [5.74, 6) is -0.0777. The second-order valence-corrected chi connectivity index (χ2v) is 9.01. The molecule has 9 heteroatoms. The molecule has 7 nitrogen and oxygen atoms in total. The average Bonchev–Trinajstić information content (AvgIpc) is 3.44. The van der Waals surface area contributed by atoms with Crippen molar-refractivity contribution >= 4 is 23.3 Å². The quantitative estimate of drug-likeness (QED) is 0.626. The zero-order valence-corrected chi connectivity index (χ0v) is 18.3. The first kappa shape index (κ1) is 20.8. The molecule has 164 valence electrons. The Labute approximate surface area is 190 Å². The Hall–Kier alpha value is -3.13. The lowest BCUT2D eigenvalue weighted by Gasteiger charge is -2.25. The summed E-state index contributed by atoms with van der Waals surface area (Å²) >= 11 is 5.80. The van der Waals surface area contributed by atoms with Crippen LogP contribution in [0.2, 0.25) is 5.02 Å². The largest absolute Gasteiger partial charge is 0.366 e. The van der Waals surface area contributed by atoms with Gasteiger partial charge in [0.2, 0.25) is 0 Å². The number of pyridine rings is 2. The van der Waals surface area contributed by atoms with E-state index in [0.29, 0.717) is 30.2 Å². The first-order valence-corrected chi connectivity index (χ1v) is 10.9. The van der Waals surface area contributed by atoms with Gasteiger partial charge in [0.25, 0.3) is 5.91 Å². The average molecular weight is 453 g/mol. The van der Waals surface area contributed by atoms with Gasteiger partial charge in [0.1, 0.15) is 5.69 Å². The number of rotatable bonds is 5. The highest BCUT2D eigenvalue weighted by atomic mass is 35.5. The van der Waals surface area contributed by atoms with E-state index in [1.165, 1.54) is 12.3 Å². The summed E-state index contributed by atoms with van der Waals surface area (Å²) in [6.07, 6.45) is 7.74. The molecule has 5 rings (SSSR count). The lowest BCUT2D eigenvalue weighted by molar-refractivity contribution is 0.0732. The summed E-state index contributed by atoms with van der Waals surface area (Å²) in [5, 5.41) is 3.30. The van der Waals surface area contributed by atoms with E-state index in [-0.39, 0.29) is 28.2 Å². The molecule has 1 aliphatic heterocycles. The van der Waals surface area contributed by atoms with Crippen LogP contribution in [0, 0.1) is 18.2 Å². The number of hydrogen-bond acceptors (Lipinski definition) is 6. The first-order valence-electron chi connectivity index (χ1n) is 10.6. The molecule has 1 aliphatic carbocycles. The van der Waals surface area contributed by atoms with Crippen LogP contribution in [0.15, 0.2) is 42.9 Å². The van der Waals surface area contributed by atoms with Crippen LogP contribution in [-0.2, 0) is 0 Å². The summed E-state index contributed by atoms with van der Waals surface area (Å²) in [7, 11) is 0. The summed E-state index contributed by atoms with van der Waals surface area (Å²) in [6, 6.07) is 6.54. The van der Waals surface area contributed by atoms with Crippen LogP contribution in [0.1, 0.15) is 35.4 Å². The van der Waals surface area contributed by atoms with Crippen molar-refractivity contribution < 1.29 is 9.18 Å². The minimum absolute atomic E-state index is 0.103. The van der Waals surface area contributed by atoms with Crippen molar-refractivity contribution in [2.24, 2.45) is 5.41 Å². The maximum Gasteiger partial charge on any atom is 0.273 e. The van der Waals surface area contributed by atoms with Gasteiger partial charge in [-0.1, -0.05) is 11.6 Å². The normalized spacial score (nSPS) is 18.7. The number of amides is 1. The molecule has 1 N–H and O–H groups in total. The van der Waals surface area contributed by atoms with Crippen LogP contribution in [0.25, 0.3) is 11.4 Å². The van der Waals surface area contributed by atoms with Crippen LogP contribution in [0.4, 0.5) is 10.2 Å². The smallest absolute Gasteiger partial charge is 0.273 e. The fraction of sp³-hybridized carbons (Fsp3) is 0.348. The third kappa shape index (κ3) is 4.02. The van der Waals surface area contributed by atoms with Gasteiger partial charge in [-0.05, 0) is 55.9 Å². The molecule has 0 radical (unpaired) electrons. The highest BCUT2D eigenvalue weighted by Gasteiger charge is 2.53. The molecule has 4 heterocycles. The van der Waals surface area contributed by atoms with Crippen molar-refractivity contribution in [3.05, 3.63) is 65.1 Å². The molecular weight excluding hydrogens is 431 g/mol. The van der Waals surface area contributed by atoms with Crippen molar-refractivity contribution in [2.75, 3.05) is 18.4 Å². The number of likely N-dealkylation sites (tertiary alicyclic amines) is 1. The van der Waals surface area contributed by atoms with E-state index in [0.717, 1.165) is 25.0 Å². The lowest BCUT2D eigenvalue weighted by atomic mass is 10.0. The number of aryl methyl sites for hydroxylation is 1. The third-order valence-electron chi connectivity index (χ3n) is 6.19. The van der Waals surface area contributed by atoms with E-state index in [4.69, 9.17) is 11.6 Å². The lowest BCUT2D eigenvalue weighted by Crippen LogP contribution is -2.40. The molecule has 1 spiro atoms. The Bertz CT molecular complexity index is 1170. The van der Waals surface area contributed by atoms with Crippen LogP contribution in [0.5, 0.6) is 0 Å². The Kier molecular flexibility index (Phi) is 5.25. The molecular formula is C23H22ClFN6O. The van der Waals surface area contributed by atoms with E-state index >= 15 is 0 Å². The minimum atomic E-state index is -0.515. The Morgan fingerprint density at radius 2 is 2.06 bits per heavy atom. The summed E-state index contributed by atoms with van der Waals surface area (Å²) < 4.78 is 14.2. The van der Waals surface area contributed by atoms with Crippen molar-refractivity contribution in [1.29, 1.82) is 0 Å². The van der Waals surface area contributed by atoms with Gasteiger partial charge < -0.3 is 10.2 Å². The fourth-order valence-electron chi connectivity index (χ4n) is 4.36. The number of aromatic nitrogens is 4. The van der Waals surface area contributed by atoms with Gasteiger partial charge in [-0.2, -0.15) is 0 Å². The van der Waals surface area contributed by atoms with Gasteiger partial charge in [0.05, 0.1) is 10.6 Å². The van der Waals surface area contributed by atoms with Crippen LogP contribution < -0.4 is 5.32 Å². The Balaban J connectivity index is 1.42. The zero-order valence-electron chi connectivity index (χ0n) is 17.6. The molecule has 32 heavy (non-hydrogen) atoms. The SMILES string of the molecule is Cc1ccc(-c2ncccn2)c(C(=O)N2CC3(CC3)C[C@H]2CNc2ncc(Cl)cc2F)n1. The number of halogens is 2.